The fourth-order valence-electron chi connectivity index (χ4n) is 9.80. The van der Waals surface area contributed by atoms with Crippen LogP contribution in [0.1, 0.15) is 180 Å². The minimum Gasteiger partial charge on any atom is -0.349 e. The minimum atomic E-state index is -0.113. The first-order valence-electron chi connectivity index (χ1n) is 20.0. The molecule has 2 fully saturated rings. The van der Waals surface area contributed by atoms with E-state index in [1.54, 1.807) is 0 Å². The zero-order chi connectivity index (χ0) is 36.9. The van der Waals surface area contributed by atoms with Crippen molar-refractivity contribution in [3.05, 3.63) is 11.6 Å². The predicted molar refractivity (Wildman–Crippen MR) is 210 cm³/mol. The first-order valence-corrected chi connectivity index (χ1v) is 20.0. The maximum absolute atomic E-state index is 5.06. The van der Waals surface area contributed by atoms with Gasteiger partial charge in [0.25, 0.3) is 0 Å². The molecule has 1 aromatic rings. The number of rotatable bonds is 17. The Morgan fingerprint density at radius 3 is 1.53 bits per heavy atom. The average Bonchev–Trinajstić information content (AvgIpc) is 2.88. The Balaban J connectivity index is 1.70. The number of nitrogens with one attached hydrogen (secondary N) is 3. The Bertz CT molecular complexity index is 1130. The van der Waals surface area contributed by atoms with Gasteiger partial charge in [0.2, 0.25) is 5.95 Å². The van der Waals surface area contributed by atoms with E-state index in [1.807, 2.05) is 0 Å². The van der Waals surface area contributed by atoms with Crippen molar-refractivity contribution >= 4 is 5.95 Å². The van der Waals surface area contributed by atoms with Crippen LogP contribution in [0.2, 0.25) is 0 Å². The minimum absolute atomic E-state index is 0.0859. The van der Waals surface area contributed by atoms with Crippen LogP contribution in [-0.2, 0) is 13.0 Å². The molecule has 8 nitrogen and oxygen atoms in total. The molecule has 49 heavy (non-hydrogen) atoms. The molecule has 0 atom stereocenters. The fourth-order valence-corrected chi connectivity index (χ4v) is 9.80. The number of unbranched alkanes of at least 4 members (excludes halogenated alkanes) is 3. The molecule has 0 saturated carbocycles. The highest BCUT2D eigenvalue weighted by molar-refractivity contribution is 5.29. The standard InChI is InChI=1S/C41H80N8/c1-16-22-48(31-25-37(6,7)46-38(8,9)26-31)23-20-18-19-21-24-49(32-27-39(10,11)47-40(12,13)28-32)29-34-42-33(17-2)43-35(44-34)45-41(14,15)30-36(3,4)5/h31-32,46-47H,16-30H2,1-15H3,(H,42,43,44,45). The first-order chi connectivity index (χ1) is 22.4. The molecule has 0 amide bonds. The number of anilines is 1. The summed E-state index contributed by atoms with van der Waals surface area (Å²) < 4.78 is 0. The van der Waals surface area contributed by atoms with Crippen LogP contribution in [0.15, 0.2) is 0 Å². The van der Waals surface area contributed by atoms with Gasteiger partial charge in [0.15, 0.2) is 0 Å². The van der Waals surface area contributed by atoms with Crippen LogP contribution in [0.4, 0.5) is 5.95 Å². The largest absolute Gasteiger partial charge is 0.349 e. The van der Waals surface area contributed by atoms with Crippen molar-refractivity contribution < 1.29 is 0 Å². The highest BCUT2D eigenvalue weighted by Gasteiger charge is 2.41. The van der Waals surface area contributed by atoms with Crippen LogP contribution in [0.3, 0.4) is 0 Å². The Morgan fingerprint density at radius 2 is 1.08 bits per heavy atom. The number of hydrogen-bond donors (Lipinski definition) is 3. The molecule has 1 aromatic heterocycles. The summed E-state index contributed by atoms with van der Waals surface area (Å²) >= 11 is 0. The van der Waals surface area contributed by atoms with Gasteiger partial charge in [0, 0.05) is 46.2 Å². The second kappa shape index (κ2) is 16.5. The number of piperidine rings is 2. The molecule has 0 bridgehead atoms. The molecule has 2 saturated heterocycles. The lowest BCUT2D eigenvalue weighted by Gasteiger charge is -2.50. The molecule has 0 aliphatic carbocycles. The quantitative estimate of drug-likeness (QED) is 0.141. The van der Waals surface area contributed by atoms with Crippen molar-refractivity contribution in [2.75, 3.05) is 25.0 Å². The highest BCUT2D eigenvalue weighted by Crippen LogP contribution is 2.34. The summed E-state index contributed by atoms with van der Waals surface area (Å²) in [4.78, 5) is 20.4. The normalized spacial score (nSPS) is 21.4. The summed E-state index contributed by atoms with van der Waals surface area (Å²) in [5.41, 5.74) is 0.647. The molecule has 2 aliphatic rings. The molecule has 0 aromatic carbocycles. The lowest BCUT2D eigenvalue weighted by molar-refractivity contribution is 0.0575. The molecule has 2 aliphatic heterocycles. The lowest BCUT2D eigenvalue weighted by atomic mass is 9.79. The number of nitrogens with zero attached hydrogens (tertiary/aromatic N) is 5. The van der Waals surface area contributed by atoms with E-state index >= 15 is 0 Å². The van der Waals surface area contributed by atoms with Crippen LogP contribution in [0.25, 0.3) is 0 Å². The van der Waals surface area contributed by atoms with Gasteiger partial charge < -0.3 is 20.9 Å². The van der Waals surface area contributed by atoms with Crippen LogP contribution in [-0.4, -0.2) is 84.2 Å². The lowest BCUT2D eigenvalue weighted by Crippen LogP contribution is -2.62. The van der Waals surface area contributed by atoms with E-state index in [4.69, 9.17) is 15.0 Å². The summed E-state index contributed by atoms with van der Waals surface area (Å²) in [5, 5.41) is 11.5. The molecule has 0 spiro atoms. The van der Waals surface area contributed by atoms with Crippen molar-refractivity contribution in [1.82, 2.24) is 35.4 Å². The third-order valence-corrected chi connectivity index (χ3v) is 10.3. The second-order valence-electron chi connectivity index (χ2n) is 20.4. The van der Waals surface area contributed by atoms with Crippen LogP contribution < -0.4 is 16.0 Å². The molecule has 3 heterocycles. The molecule has 284 valence electrons. The van der Waals surface area contributed by atoms with Crippen molar-refractivity contribution in [3.8, 4) is 0 Å². The van der Waals surface area contributed by atoms with Gasteiger partial charge in [-0.05, 0) is 146 Å². The maximum Gasteiger partial charge on any atom is 0.226 e. The fraction of sp³-hybridized carbons (Fsp3) is 0.927. The van der Waals surface area contributed by atoms with E-state index in [0.29, 0.717) is 12.1 Å². The van der Waals surface area contributed by atoms with Gasteiger partial charge in [-0.3, -0.25) is 4.90 Å². The van der Waals surface area contributed by atoms with E-state index in [2.05, 4.69) is 130 Å². The third kappa shape index (κ3) is 14.7. The predicted octanol–water partition coefficient (Wildman–Crippen LogP) is 8.75. The molecular formula is C41H80N8. The summed E-state index contributed by atoms with van der Waals surface area (Å²) in [6, 6.07) is 1.15. The smallest absolute Gasteiger partial charge is 0.226 e. The van der Waals surface area contributed by atoms with Crippen molar-refractivity contribution in [3.63, 3.8) is 0 Å². The van der Waals surface area contributed by atoms with Crippen molar-refractivity contribution in [2.45, 2.75) is 221 Å². The molecule has 8 heteroatoms. The van der Waals surface area contributed by atoms with Crippen molar-refractivity contribution in [2.24, 2.45) is 5.41 Å². The molecule has 3 rings (SSSR count). The maximum atomic E-state index is 5.06. The highest BCUT2D eigenvalue weighted by atomic mass is 15.2. The Kier molecular flexibility index (Phi) is 14.2. The zero-order valence-corrected chi connectivity index (χ0v) is 35.0. The Labute approximate surface area is 303 Å². The average molecular weight is 685 g/mol. The van der Waals surface area contributed by atoms with E-state index in [1.165, 1.54) is 58.0 Å². The topological polar surface area (TPSA) is 81.2 Å². The first kappa shape index (κ1) is 42.1. The number of hydrogen-bond acceptors (Lipinski definition) is 8. The van der Waals surface area contributed by atoms with Gasteiger partial charge in [0.05, 0.1) is 6.54 Å². The van der Waals surface area contributed by atoms with E-state index < -0.39 is 0 Å². The Hall–Kier alpha value is -1.35. The SMILES string of the molecule is CCCN(CCCCCCN(Cc1nc(CC)nc(NC(C)(C)CC(C)(C)C)n1)C1CC(C)(C)NC(C)(C)C1)C1CC(C)(C)NC(C)(C)C1. The van der Waals surface area contributed by atoms with Crippen LogP contribution in [0.5, 0.6) is 0 Å². The Morgan fingerprint density at radius 1 is 0.633 bits per heavy atom. The monoisotopic (exact) mass is 685 g/mol. The van der Waals surface area contributed by atoms with Crippen molar-refractivity contribution in [1.29, 1.82) is 0 Å². The van der Waals surface area contributed by atoms with E-state index in [0.717, 1.165) is 56.4 Å². The van der Waals surface area contributed by atoms with E-state index in [-0.39, 0.29) is 33.1 Å². The van der Waals surface area contributed by atoms with Gasteiger partial charge >= 0.3 is 0 Å². The van der Waals surface area contributed by atoms with Gasteiger partial charge in [-0.2, -0.15) is 9.97 Å². The second-order valence-corrected chi connectivity index (χ2v) is 20.4. The van der Waals surface area contributed by atoms with Gasteiger partial charge in [0.1, 0.15) is 11.6 Å². The summed E-state index contributed by atoms with van der Waals surface area (Å²) in [5.74, 6) is 2.50. The van der Waals surface area contributed by atoms with Gasteiger partial charge in [-0.1, -0.05) is 47.5 Å². The van der Waals surface area contributed by atoms with Crippen LogP contribution in [0, 0.1) is 5.41 Å². The number of aryl methyl sites for hydroxylation is 1. The molecule has 3 N–H and O–H groups in total. The zero-order valence-electron chi connectivity index (χ0n) is 35.0. The third-order valence-electron chi connectivity index (χ3n) is 10.3. The number of aromatic nitrogens is 3. The molecule has 0 unspecified atom stereocenters. The van der Waals surface area contributed by atoms with Crippen LogP contribution >= 0.6 is 0 Å². The summed E-state index contributed by atoms with van der Waals surface area (Å²) in [6.45, 7) is 39.1. The molecular weight excluding hydrogens is 605 g/mol. The summed E-state index contributed by atoms with van der Waals surface area (Å²) in [6.07, 6.45) is 12.8. The molecule has 0 radical (unpaired) electrons. The van der Waals surface area contributed by atoms with Gasteiger partial charge in [-0.25, -0.2) is 4.98 Å². The summed E-state index contributed by atoms with van der Waals surface area (Å²) in [7, 11) is 0. The van der Waals surface area contributed by atoms with E-state index in [9.17, 15) is 0 Å². The van der Waals surface area contributed by atoms with Gasteiger partial charge in [-0.15, -0.1) is 0 Å².